The molecule has 0 unspecified atom stereocenters. The molecule has 2 rings (SSSR count). The monoisotopic (exact) mass is 330 g/mol. The van der Waals surface area contributed by atoms with Crippen LogP contribution in [0.2, 0.25) is 0 Å². The molecule has 0 aliphatic carbocycles. The molecule has 0 heterocycles. The number of non-ortho nitro benzene ring substituents is 1. The summed E-state index contributed by atoms with van der Waals surface area (Å²) in [6.45, 7) is 0.0196. The molecule has 2 aromatic rings. The Kier molecular flexibility index (Phi) is 5.86. The Balaban J connectivity index is 1.90. The van der Waals surface area contributed by atoms with Gasteiger partial charge in [0.2, 0.25) is 5.91 Å². The van der Waals surface area contributed by atoms with Gasteiger partial charge in [-0.25, -0.2) is 0 Å². The van der Waals surface area contributed by atoms with Crippen LogP contribution in [0.3, 0.4) is 0 Å². The maximum Gasteiger partial charge on any atom is 0.269 e. The van der Waals surface area contributed by atoms with Crippen molar-refractivity contribution in [3.8, 4) is 5.75 Å². The highest BCUT2D eigenvalue weighted by molar-refractivity contribution is 5.79. The van der Waals surface area contributed by atoms with Crippen LogP contribution in [0.4, 0.5) is 5.69 Å². The fourth-order valence-electron chi connectivity index (χ4n) is 2.23. The van der Waals surface area contributed by atoms with E-state index in [2.05, 4.69) is 5.32 Å². The summed E-state index contributed by atoms with van der Waals surface area (Å²) in [5.74, 6) is 0.379. The lowest BCUT2D eigenvalue weighted by atomic mass is 10.1. The summed E-state index contributed by atoms with van der Waals surface area (Å²) < 4.78 is 5.19. The number of nitro groups is 1. The van der Waals surface area contributed by atoms with Crippen molar-refractivity contribution in [3.63, 3.8) is 0 Å². The molecule has 0 aromatic heterocycles. The first-order valence-electron chi connectivity index (χ1n) is 7.32. The van der Waals surface area contributed by atoms with Crippen molar-refractivity contribution in [2.75, 3.05) is 13.7 Å². The first-order valence-corrected chi connectivity index (χ1v) is 7.32. The lowest BCUT2D eigenvalue weighted by Gasteiger charge is -2.13. The summed E-state index contributed by atoms with van der Waals surface area (Å²) in [6.07, 6.45) is -0.802. The Labute approximate surface area is 139 Å². The average molecular weight is 330 g/mol. The van der Waals surface area contributed by atoms with Crippen molar-refractivity contribution in [3.05, 3.63) is 69.8 Å². The molecule has 7 nitrogen and oxygen atoms in total. The predicted octanol–water partition coefficient (Wildman–Crippen LogP) is 2.00. The molecular formula is C17H18N2O5. The van der Waals surface area contributed by atoms with Crippen LogP contribution < -0.4 is 10.1 Å². The zero-order valence-electron chi connectivity index (χ0n) is 13.1. The van der Waals surface area contributed by atoms with E-state index in [0.717, 1.165) is 5.56 Å². The van der Waals surface area contributed by atoms with Gasteiger partial charge < -0.3 is 15.2 Å². The van der Waals surface area contributed by atoms with Gasteiger partial charge in [0, 0.05) is 24.2 Å². The summed E-state index contributed by atoms with van der Waals surface area (Å²) in [6, 6.07) is 12.8. The van der Waals surface area contributed by atoms with E-state index in [1.54, 1.807) is 12.1 Å². The van der Waals surface area contributed by atoms with E-state index in [0.29, 0.717) is 11.3 Å². The third-order valence-corrected chi connectivity index (χ3v) is 3.52. The Morgan fingerprint density at radius 3 is 2.54 bits per heavy atom. The summed E-state index contributed by atoms with van der Waals surface area (Å²) in [7, 11) is 1.54. The SMILES string of the molecule is COc1ccccc1CC(=O)NC[C@H](O)c1ccc([N+](=O)[O-])cc1. The second-order valence-electron chi connectivity index (χ2n) is 5.16. The normalized spacial score (nSPS) is 11.6. The zero-order chi connectivity index (χ0) is 17.5. The molecule has 2 aromatic carbocycles. The predicted molar refractivity (Wildman–Crippen MR) is 87.8 cm³/mol. The number of nitrogens with zero attached hydrogens (tertiary/aromatic N) is 1. The van der Waals surface area contributed by atoms with Gasteiger partial charge in [0.15, 0.2) is 0 Å². The van der Waals surface area contributed by atoms with E-state index in [4.69, 9.17) is 4.74 Å². The quantitative estimate of drug-likeness (QED) is 0.597. The molecule has 24 heavy (non-hydrogen) atoms. The van der Waals surface area contributed by atoms with E-state index < -0.39 is 11.0 Å². The van der Waals surface area contributed by atoms with E-state index in [1.807, 2.05) is 12.1 Å². The highest BCUT2D eigenvalue weighted by Crippen LogP contribution is 2.19. The number of nitro benzene ring substituents is 1. The minimum absolute atomic E-state index is 0.0196. The van der Waals surface area contributed by atoms with E-state index >= 15 is 0 Å². The number of carbonyl (C=O) groups is 1. The molecule has 0 spiro atoms. The van der Waals surface area contributed by atoms with Crippen molar-refractivity contribution in [1.29, 1.82) is 0 Å². The lowest BCUT2D eigenvalue weighted by molar-refractivity contribution is -0.384. The van der Waals surface area contributed by atoms with Crippen LogP contribution >= 0.6 is 0 Å². The van der Waals surface area contributed by atoms with E-state index in [9.17, 15) is 20.0 Å². The first-order chi connectivity index (χ1) is 11.5. The maximum atomic E-state index is 12.0. The van der Waals surface area contributed by atoms with E-state index in [-0.39, 0.29) is 24.6 Å². The third-order valence-electron chi connectivity index (χ3n) is 3.52. The summed E-state index contributed by atoms with van der Waals surface area (Å²) in [4.78, 5) is 22.1. The lowest BCUT2D eigenvalue weighted by Crippen LogP contribution is -2.29. The number of aliphatic hydroxyl groups is 1. The van der Waals surface area contributed by atoms with Gasteiger partial charge in [0.25, 0.3) is 5.69 Å². The van der Waals surface area contributed by atoms with Gasteiger partial charge in [-0.15, -0.1) is 0 Å². The largest absolute Gasteiger partial charge is 0.496 e. The average Bonchev–Trinajstić information content (AvgIpc) is 2.60. The summed E-state index contributed by atoms with van der Waals surface area (Å²) >= 11 is 0. The Morgan fingerprint density at radius 2 is 1.92 bits per heavy atom. The summed E-state index contributed by atoms with van der Waals surface area (Å²) in [5, 5.41) is 23.3. The smallest absolute Gasteiger partial charge is 0.269 e. The van der Waals surface area contributed by atoms with Gasteiger partial charge >= 0.3 is 0 Å². The number of methoxy groups -OCH3 is 1. The van der Waals surface area contributed by atoms with Crippen LogP contribution in [0, 0.1) is 10.1 Å². The van der Waals surface area contributed by atoms with Gasteiger partial charge in [-0.2, -0.15) is 0 Å². The number of carbonyl (C=O) groups excluding carboxylic acids is 1. The molecule has 0 aliphatic heterocycles. The standard InChI is InChI=1S/C17H18N2O5/c1-24-16-5-3-2-4-13(16)10-17(21)18-11-15(20)12-6-8-14(9-7-12)19(22)23/h2-9,15,20H,10-11H2,1H3,(H,18,21)/t15-/m0/s1. The number of aliphatic hydroxyl groups excluding tert-OH is 1. The molecule has 0 saturated heterocycles. The van der Waals surface area contributed by atoms with Crippen molar-refractivity contribution in [1.82, 2.24) is 5.32 Å². The Bertz CT molecular complexity index is 715. The molecule has 126 valence electrons. The number of rotatable bonds is 7. The molecule has 1 atom stereocenters. The van der Waals surface area contributed by atoms with Crippen LogP contribution in [-0.2, 0) is 11.2 Å². The molecule has 0 radical (unpaired) electrons. The molecule has 2 N–H and O–H groups in total. The zero-order valence-corrected chi connectivity index (χ0v) is 13.1. The number of para-hydroxylation sites is 1. The van der Waals surface area contributed by atoms with Gasteiger partial charge in [0.05, 0.1) is 24.6 Å². The second kappa shape index (κ2) is 8.07. The highest BCUT2D eigenvalue weighted by atomic mass is 16.6. The van der Waals surface area contributed by atoms with Crippen molar-refractivity contribution >= 4 is 11.6 Å². The van der Waals surface area contributed by atoms with Crippen molar-refractivity contribution in [2.45, 2.75) is 12.5 Å². The van der Waals surface area contributed by atoms with E-state index in [1.165, 1.54) is 31.4 Å². The number of amides is 1. The third kappa shape index (κ3) is 4.53. The number of nitrogens with one attached hydrogen (secondary N) is 1. The Morgan fingerprint density at radius 1 is 1.25 bits per heavy atom. The minimum atomic E-state index is -0.938. The molecule has 0 aliphatic rings. The van der Waals surface area contributed by atoms with Gasteiger partial charge in [-0.05, 0) is 23.8 Å². The number of ether oxygens (including phenoxy) is 1. The molecule has 0 saturated carbocycles. The summed E-state index contributed by atoms with van der Waals surface area (Å²) in [5.41, 5.74) is 1.20. The van der Waals surface area contributed by atoms with Crippen LogP contribution in [0.15, 0.2) is 48.5 Å². The second-order valence-corrected chi connectivity index (χ2v) is 5.16. The minimum Gasteiger partial charge on any atom is -0.496 e. The van der Waals surface area contributed by atoms with Crippen molar-refractivity contribution < 1.29 is 19.6 Å². The topological polar surface area (TPSA) is 102 Å². The molecule has 7 heteroatoms. The van der Waals surface area contributed by atoms with Gasteiger partial charge in [-0.1, -0.05) is 18.2 Å². The first kappa shape index (κ1) is 17.4. The number of benzene rings is 2. The fourth-order valence-corrected chi connectivity index (χ4v) is 2.23. The molecule has 1 amide bonds. The fraction of sp³-hybridized carbons (Fsp3) is 0.235. The van der Waals surface area contributed by atoms with Crippen LogP contribution in [0.25, 0.3) is 0 Å². The Hall–Kier alpha value is -2.93. The van der Waals surface area contributed by atoms with Gasteiger partial charge in [0.1, 0.15) is 5.75 Å². The van der Waals surface area contributed by atoms with Crippen LogP contribution in [0.1, 0.15) is 17.2 Å². The molecular weight excluding hydrogens is 312 g/mol. The number of hydrogen-bond acceptors (Lipinski definition) is 5. The van der Waals surface area contributed by atoms with Crippen LogP contribution in [-0.4, -0.2) is 29.6 Å². The number of hydrogen-bond donors (Lipinski definition) is 2. The van der Waals surface area contributed by atoms with Crippen molar-refractivity contribution in [2.24, 2.45) is 0 Å². The van der Waals surface area contributed by atoms with Gasteiger partial charge in [-0.3, -0.25) is 14.9 Å². The molecule has 0 fully saturated rings. The molecule has 0 bridgehead atoms. The maximum absolute atomic E-state index is 12.0. The van der Waals surface area contributed by atoms with Crippen LogP contribution in [0.5, 0.6) is 5.75 Å². The highest BCUT2D eigenvalue weighted by Gasteiger charge is 2.13.